The Morgan fingerprint density at radius 2 is 1.73 bits per heavy atom. The molecule has 2 heterocycles. The average Bonchev–Trinajstić information content (AvgIpc) is 3.78. The fraction of sp³-hybridized carbons (Fsp3) is 0.277. The first-order chi connectivity index (χ1) is 29.9. The topological polar surface area (TPSA) is 202 Å². The molecule has 322 valence electrons. The minimum Gasteiger partial charge on any atom is -0.488 e. The number of carbonyl (C=O) groups is 4. The molecule has 1 aromatic heterocycles. The van der Waals surface area contributed by atoms with Crippen molar-refractivity contribution in [2.75, 3.05) is 27.3 Å². The lowest BCUT2D eigenvalue weighted by Gasteiger charge is -2.29. The summed E-state index contributed by atoms with van der Waals surface area (Å²) in [6, 6.07) is 23.7. The van der Waals surface area contributed by atoms with E-state index in [4.69, 9.17) is 19.9 Å². The number of aliphatic imine (C=N–C) groups is 1. The molecule has 5 aromatic rings. The van der Waals surface area contributed by atoms with Crippen molar-refractivity contribution in [2.24, 2.45) is 16.6 Å². The van der Waals surface area contributed by atoms with E-state index in [0.29, 0.717) is 31.0 Å². The van der Waals surface area contributed by atoms with Crippen LogP contribution in [0.1, 0.15) is 55.7 Å². The Morgan fingerprint density at radius 3 is 2.45 bits per heavy atom. The Hall–Kier alpha value is -7.42. The van der Waals surface area contributed by atoms with E-state index in [1.807, 2.05) is 45.0 Å². The first-order valence-corrected chi connectivity index (χ1v) is 20.2. The number of fused-ring (bicyclic) bond motifs is 5. The van der Waals surface area contributed by atoms with Gasteiger partial charge in [-0.25, -0.2) is 19.6 Å². The van der Waals surface area contributed by atoms with E-state index >= 15 is 0 Å². The second-order valence-electron chi connectivity index (χ2n) is 15.1. The van der Waals surface area contributed by atoms with Gasteiger partial charge >= 0.3 is 12.2 Å². The first kappa shape index (κ1) is 44.1. The minimum absolute atomic E-state index is 0.0736. The molecule has 0 unspecified atom stereocenters. The van der Waals surface area contributed by atoms with Crippen molar-refractivity contribution in [1.29, 1.82) is 0 Å². The Morgan fingerprint density at radius 1 is 0.984 bits per heavy atom. The van der Waals surface area contributed by atoms with E-state index in [1.165, 1.54) is 14.2 Å². The summed E-state index contributed by atoms with van der Waals surface area (Å²) < 4.78 is 15.9. The molecule has 0 spiro atoms. The predicted octanol–water partition coefficient (Wildman–Crippen LogP) is 7.01. The summed E-state index contributed by atoms with van der Waals surface area (Å²) in [5.41, 5.74) is 13.6. The van der Waals surface area contributed by atoms with Crippen LogP contribution < -0.4 is 26.4 Å². The summed E-state index contributed by atoms with van der Waals surface area (Å²) in [5, 5.41) is 10.0. The van der Waals surface area contributed by atoms with Gasteiger partial charge in [0.15, 0.2) is 0 Å². The first-order valence-electron chi connectivity index (χ1n) is 20.2. The summed E-state index contributed by atoms with van der Waals surface area (Å²) in [7, 11) is 2.50. The third-order valence-corrected chi connectivity index (χ3v) is 10.5. The van der Waals surface area contributed by atoms with Crippen LogP contribution in [0.2, 0.25) is 0 Å². The normalized spacial score (nSPS) is 13.2. The summed E-state index contributed by atoms with van der Waals surface area (Å²) in [6.07, 6.45) is 4.27. The number of hydrogen-bond donors (Lipinski definition) is 5. The summed E-state index contributed by atoms with van der Waals surface area (Å²) in [5.74, 6) is 0.723. The number of aromatic amines is 1. The molecule has 1 aliphatic rings. The van der Waals surface area contributed by atoms with Gasteiger partial charge in [0.2, 0.25) is 11.8 Å². The largest absolute Gasteiger partial charge is 0.488 e. The molecule has 15 heteroatoms. The van der Waals surface area contributed by atoms with E-state index in [0.717, 1.165) is 55.6 Å². The van der Waals surface area contributed by atoms with Crippen LogP contribution in [0.15, 0.2) is 109 Å². The van der Waals surface area contributed by atoms with Gasteiger partial charge in [0.1, 0.15) is 36.1 Å². The summed E-state index contributed by atoms with van der Waals surface area (Å²) >= 11 is 0. The number of allylic oxidation sites excluding steroid dienone is 1. The third kappa shape index (κ3) is 10.5. The fourth-order valence-electron chi connectivity index (χ4n) is 7.10. The van der Waals surface area contributed by atoms with E-state index in [1.54, 1.807) is 47.6 Å². The highest BCUT2D eigenvalue weighted by Gasteiger charge is 2.29. The highest BCUT2D eigenvalue weighted by Crippen LogP contribution is 2.43. The van der Waals surface area contributed by atoms with Gasteiger partial charge < -0.3 is 45.8 Å². The molecule has 0 aliphatic carbocycles. The number of rotatable bonds is 16. The molecule has 15 nitrogen and oxygen atoms in total. The Bertz CT molecular complexity index is 2510. The summed E-state index contributed by atoms with van der Waals surface area (Å²) in [4.78, 5) is 64.4. The molecule has 4 aromatic carbocycles. The third-order valence-electron chi connectivity index (χ3n) is 10.5. The molecule has 2 atom stereocenters. The van der Waals surface area contributed by atoms with E-state index in [9.17, 15) is 19.2 Å². The molecule has 0 fully saturated rings. The van der Waals surface area contributed by atoms with E-state index in [-0.39, 0.29) is 30.8 Å². The van der Waals surface area contributed by atoms with Crippen molar-refractivity contribution < 1.29 is 33.4 Å². The van der Waals surface area contributed by atoms with Crippen LogP contribution in [0.5, 0.6) is 5.75 Å². The Kier molecular flexibility index (Phi) is 14.4. The van der Waals surface area contributed by atoms with Crippen molar-refractivity contribution in [2.45, 2.75) is 52.4 Å². The van der Waals surface area contributed by atoms with Crippen LogP contribution in [-0.4, -0.2) is 78.1 Å². The number of carbonyl (C=O) groups excluding carboxylic acids is 4. The van der Waals surface area contributed by atoms with Gasteiger partial charge in [0, 0.05) is 23.7 Å². The maximum atomic E-state index is 13.5. The number of nitrogens with one attached hydrogen (secondary N) is 4. The maximum absolute atomic E-state index is 13.5. The number of methoxy groups -OCH3 is 2. The number of amidine groups is 1. The van der Waals surface area contributed by atoms with E-state index < -0.39 is 30.2 Å². The molecule has 0 bridgehead atoms. The number of nitrogens with zero attached hydrogens (tertiary/aromatic N) is 3. The molecule has 62 heavy (non-hydrogen) atoms. The standard InChI is InChI=1S/C47H52N8O7/c1-7-8-20-55(45(57)41(28(2)3)53-46(58)60-5)26-39(48)49-23-29(4)31-14-18-36-32(21-31)15-19-37-35-17-16-33(22-34(35)27-62-43(36)37)38-24-50-40(52-38)25-51-44(56)42(54-47(59)61-6)30-12-10-9-11-13-30/h7,9-19,21-24,28,41-42H,1,8,20,25-27H2,2-6H3,(H2,48,49)(H,50,52)(H,51,56)(H,53,58)(H,54,59)/b29-23+/t41-,42+/m0/s1. The van der Waals surface area contributed by atoms with Gasteiger partial charge in [-0.3, -0.25) is 9.59 Å². The number of benzene rings is 4. The second-order valence-corrected chi connectivity index (χ2v) is 15.1. The lowest BCUT2D eigenvalue weighted by atomic mass is 9.91. The smallest absolute Gasteiger partial charge is 0.407 e. The quantitative estimate of drug-likeness (QED) is 0.0394. The molecule has 0 saturated heterocycles. The molecule has 1 aliphatic heterocycles. The molecule has 0 saturated carbocycles. The number of hydrogen-bond acceptors (Lipinski definition) is 9. The zero-order valence-electron chi connectivity index (χ0n) is 35.5. The Balaban J connectivity index is 1.13. The van der Waals surface area contributed by atoms with Crippen molar-refractivity contribution in [3.05, 3.63) is 126 Å². The predicted molar refractivity (Wildman–Crippen MR) is 239 cm³/mol. The monoisotopic (exact) mass is 840 g/mol. The van der Waals surface area contributed by atoms with Crippen LogP contribution in [0.3, 0.4) is 0 Å². The average molecular weight is 841 g/mol. The van der Waals surface area contributed by atoms with Crippen molar-refractivity contribution in [1.82, 2.24) is 30.8 Å². The van der Waals surface area contributed by atoms with Crippen LogP contribution in [0.25, 0.3) is 38.7 Å². The lowest BCUT2D eigenvalue weighted by Crippen LogP contribution is -2.53. The van der Waals surface area contributed by atoms with Gasteiger partial charge in [-0.2, -0.15) is 0 Å². The molecule has 0 radical (unpaired) electrons. The van der Waals surface area contributed by atoms with Crippen LogP contribution in [0, 0.1) is 5.92 Å². The van der Waals surface area contributed by atoms with Gasteiger partial charge in [0.05, 0.1) is 39.2 Å². The number of nitrogens with two attached hydrogens (primary N) is 1. The Labute approximate surface area is 360 Å². The summed E-state index contributed by atoms with van der Waals surface area (Å²) in [6.45, 7) is 10.3. The number of imidazole rings is 1. The fourth-order valence-corrected chi connectivity index (χ4v) is 7.10. The van der Waals surface area contributed by atoms with Crippen molar-refractivity contribution in [3.8, 4) is 28.1 Å². The van der Waals surface area contributed by atoms with Crippen LogP contribution in [-0.2, 0) is 32.2 Å². The highest BCUT2D eigenvalue weighted by molar-refractivity contribution is 5.98. The second kappa shape index (κ2) is 20.2. The lowest BCUT2D eigenvalue weighted by molar-refractivity contribution is -0.133. The van der Waals surface area contributed by atoms with Gasteiger partial charge in [-0.1, -0.05) is 86.7 Å². The maximum Gasteiger partial charge on any atom is 0.407 e. The van der Waals surface area contributed by atoms with Crippen molar-refractivity contribution in [3.63, 3.8) is 0 Å². The number of H-pyrrole nitrogens is 1. The molecular formula is C47H52N8O7. The SMILES string of the molecule is C=CCCN(CC(N)=N/C=C(\C)c1ccc2c3c(ccc2c1)-c1ccc(-c2cnc(CNC(=O)[C@H](NC(=O)OC)c4ccccc4)[nH]2)cc1CO3)C(=O)[C@@H](NC(=O)OC)C(C)C. The zero-order valence-corrected chi connectivity index (χ0v) is 35.5. The molecular weight excluding hydrogens is 789 g/mol. The van der Waals surface area contributed by atoms with Gasteiger partial charge in [-0.15, -0.1) is 6.58 Å². The number of alkyl carbamates (subject to hydrolysis) is 2. The number of amides is 4. The van der Waals surface area contributed by atoms with Gasteiger partial charge in [-0.05, 0) is 70.2 Å². The number of aromatic nitrogens is 2. The van der Waals surface area contributed by atoms with Gasteiger partial charge in [0.25, 0.3) is 0 Å². The molecule has 6 rings (SSSR count). The van der Waals surface area contributed by atoms with E-state index in [2.05, 4.69) is 67.8 Å². The molecule has 4 amide bonds. The van der Waals surface area contributed by atoms with Crippen molar-refractivity contribution >= 4 is 46.2 Å². The number of ether oxygens (including phenoxy) is 3. The molecule has 6 N–H and O–H groups in total. The zero-order chi connectivity index (χ0) is 44.3. The van der Waals surface area contributed by atoms with Crippen LogP contribution >= 0.6 is 0 Å². The van der Waals surface area contributed by atoms with Crippen LogP contribution in [0.4, 0.5) is 9.59 Å². The minimum atomic E-state index is -0.939. The highest BCUT2D eigenvalue weighted by atomic mass is 16.5.